The van der Waals surface area contributed by atoms with Gasteiger partial charge < -0.3 is 9.63 Å². The van der Waals surface area contributed by atoms with E-state index >= 15 is 0 Å². The second-order valence-electron chi connectivity index (χ2n) is 5.51. The Morgan fingerprint density at radius 1 is 1.43 bits per heavy atom. The number of carbonyl (C=O) groups is 1. The molecular formula is C16H18N2O3. The molecule has 1 N–H and O–H groups in total. The monoisotopic (exact) mass is 286 g/mol. The van der Waals surface area contributed by atoms with Gasteiger partial charge in [-0.25, -0.2) is 0 Å². The third-order valence-corrected chi connectivity index (χ3v) is 3.91. The van der Waals surface area contributed by atoms with Crippen molar-refractivity contribution < 1.29 is 14.4 Å². The molecule has 5 nitrogen and oxygen atoms in total. The molecule has 2 aromatic rings. The summed E-state index contributed by atoms with van der Waals surface area (Å²) < 4.78 is 5.35. The lowest BCUT2D eigenvalue weighted by Crippen LogP contribution is -2.35. The number of benzene rings is 1. The molecule has 0 bridgehead atoms. The summed E-state index contributed by atoms with van der Waals surface area (Å²) in [5, 5.41) is 13.3. The summed E-state index contributed by atoms with van der Waals surface area (Å²) in [5.41, 5.74) is 2.99. The first kappa shape index (κ1) is 13.8. The first-order valence-corrected chi connectivity index (χ1v) is 7.13. The number of rotatable bonds is 4. The van der Waals surface area contributed by atoms with E-state index in [0.29, 0.717) is 18.7 Å². The van der Waals surface area contributed by atoms with Crippen LogP contribution in [0.5, 0.6) is 0 Å². The van der Waals surface area contributed by atoms with Crippen LogP contribution in [0, 0.1) is 6.92 Å². The predicted octanol–water partition coefficient (Wildman–Crippen LogP) is 2.70. The van der Waals surface area contributed by atoms with Crippen molar-refractivity contribution in [2.75, 3.05) is 6.54 Å². The molecule has 1 saturated heterocycles. The molecule has 110 valence electrons. The first-order chi connectivity index (χ1) is 10.1. The van der Waals surface area contributed by atoms with Crippen molar-refractivity contribution in [1.29, 1.82) is 0 Å². The summed E-state index contributed by atoms with van der Waals surface area (Å²) in [7, 11) is 0. The minimum Gasteiger partial charge on any atom is -0.480 e. The molecule has 0 radical (unpaired) electrons. The topological polar surface area (TPSA) is 66.6 Å². The standard InChI is InChI=1S/C16H18N2O3/c1-11-4-6-12(7-5-11)14-9-13(21-17-14)10-18-8-2-3-15(18)16(19)20/h4-7,9,15H,2-3,8,10H2,1H3,(H,19,20)/t15-/m1/s1. The Balaban J connectivity index is 1.73. The van der Waals surface area contributed by atoms with Crippen LogP contribution in [0.25, 0.3) is 11.3 Å². The highest BCUT2D eigenvalue weighted by molar-refractivity contribution is 5.73. The fraction of sp³-hybridized carbons (Fsp3) is 0.375. The van der Waals surface area contributed by atoms with Crippen LogP contribution < -0.4 is 0 Å². The van der Waals surface area contributed by atoms with Crippen LogP contribution in [0.2, 0.25) is 0 Å². The zero-order chi connectivity index (χ0) is 14.8. The van der Waals surface area contributed by atoms with E-state index in [0.717, 1.165) is 24.2 Å². The number of aromatic nitrogens is 1. The normalized spacial score (nSPS) is 19.0. The van der Waals surface area contributed by atoms with Crippen molar-refractivity contribution in [3.8, 4) is 11.3 Å². The third-order valence-electron chi connectivity index (χ3n) is 3.91. The summed E-state index contributed by atoms with van der Waals surface area (Å²) >= 11 is 0. The lowest BCUT2D eigenvalue weighted by Gasteiger charge is -2.18. The van der Waals surface area contributed by atoms with Gasteiger partial charge in [0.15, 0.2) is 5.76 Å². The SMILES string of the molecule is Cc1ccc(-c2cc(CN3CCC[C@@H]3C(=O)O)on2)cc1. The van der Waals surface area contributed by atoms with Crippen molar-refractivity contribution in [2.24, 2.45) is 0 Å². The number of likely N-dealkylation sites (tertiary alicyclic amines) is 1. The number of carboxylic acids is 1. The molecule has 1 aromatic carbocycles. The molecule has 1 aromatic heterocycles. The van der Waals surface area contributed by atoms with Gasteiger partial charge in [-0.3, -0.25) is 9.69 Å². The zero-order valence-corrected chi connectivity index (χ0v) is 12.0. The number of aliphatic carboxylic acids is 1. The summed E-state index contributed by atoms with van der Waals surface area (Å²) in [4.78, 5) is 13.1. The van der Waals surface area contributed by atoms with E-state index < -0.39 is 12.0 Å². The molecule has 3 rings (SSSR count). The quantitative estimate of drug-likeness (QED) is 0.936. The van der Waals surface area contributed by atoms with Gasteiger partial charge in [0.05, 0.1) is 6.54 Å². The minimum absolute atomic E-state index is 0.405. The molecule has 0 unspecified atom stereocenters. The van der Waals surface area contributed by atoms with E-state index in [2.05, 4.69) is 5.16 Å². The van der Waals surface area contributed by atoms with Gasteiger partial charge in [-0.2, -0.15) is 0 Å². The molecule has 1 fully saturated rings. The summed E-state index contributed by atoms with van der Waals surface area (Å²) in [6.07, 6.45) is 1.62. The van der Waals surface area contributed by atoms with Gasteiger partial charge in [0, 0.05) is 11.6 Å². The van der Waals surface area contributed by atoms with Crippen LogP contribution in [0.1, 0.15) is 24.2 Å². The highest BCUT2D eigenvalue weighted by Gasteiger charge is 2.31. The van der Waals surface area contributed by atoms with Crippen molar-refractivity contribution in [3.05, 3.63) is 41.7 Å². The lowest BCUT2D eigenvalue weighted by molar-refractivity contribution is -0.142. The summed E-state index contributed by atoms with van der Waals surface area (Å²) in [5.74, 6) is -0.0514. The van der Waals surface area contributed by atoms with Gasteiger partial charge in [0.2, 0.25) is 0 Å². The Labute approximate surface area is 123 Å². The maximum Gasteiger partial charge on any atom is 0.320 e. The molecule has 2 heterocycles. The van der Waals surface area contributed by atoms with Crippen LogP contribution in [0.4, 0.5) is 0 Å². The van der Waals surface area contributed by atoms with Crippen molar-refractivity contribution >= 4 is 5.97 Å². The van der Waals surface area contributed by atoms with E-state index in [4.69, 9.17) is 4.52 Å². The molecular weight excluding hydrogens is 268 g/mol. The van der Waals surface area contributed by atoms with E-state index in [-0.39, 0.29) is 0 Å². The Morgan fingerprint density at radius 3 is 2.90 bits per heavy atom. The zero-order valence-electron chi connectivity index (χ0n) is 12.0. The molecule has 21 heavy (non-hydrogen) atoms. The second-order valence-corrected chi connectivity index (χ2v) is 5.51. The third kappa shape index (κ3) is 2.97. The van der Waals surface area contributed by atoms with Crippen LogP contribution in [-0.2, 0) is 11.3 Å². The smallest absolute Gasteiger partial charge is 0.320 e. The predicted molar refractivity (Wildman–Crippen MR) is 77.7 cm³/mol. The molecule has 5 heteroatoms. The van der Waals surface area contributed by atoms with Gasteiger partial charge in [0.1, 0.15) is 11.7 Å². The molecule has 0 amide bonds. The Kier molecular flexibility index (Phi) is 3.75. The van der Waals surface area contributed by atoms with Crippen LogP contribution in [0.15, 0.2) is 34.9 Å². The Hall–Kier alpha value is -2.14. The van der Waals surface area contributed by atoms with Crippen LogP contribution in [0.3, 0.4) is 0 Å². The summed E-state index contributed by atoms with van der Waals surface area (Å²) in [6.45, 7) is 3.32. The van der Waals surface area contributed by atoms with Gasteiger partial charge in [0.25, 0.3) is 0 Å². The fourth-order valence-corrected chi connectivity index (χ4v) is 2.74. The molecule has 1 aliphatic rings. The van der Waals surface area contributed by atoms with Gasteiger partial charge in [-0.05, 0) is 26.3 Å². The van der Waals surface area contributed by atoms with Crippen molar-refractivity contribution in [1.82, 2.24) is 10.1 Å². The summed E-state index contributed by atoms with van der Waals surface area (Å²) in [6, 6.07) is 9.56. The molecule has 0 aliphatic carbocycles. The fourth-order valence-electron chi connectivity index (χ4n) is 2.74. The Morgan fingerprint density at radius 2 is 2.19 bits per heavy atom. The highest BCUT2D eigenvalue weighted by atomic mass is 16.5. The van der Waals surface area contributed by atoms with E-state index in [1.54, 1.807) is 0 Å². The number of nitrogens with zero attached hydrogens (tertiary/aromatic N) is 2. The average molecular weight is 286 g/mol. The lowest BCUT2D eigenvalue weighted by atomic mass is 10.1. The number of hydrogen-bond acceptors (Lipinski definition) is 4. The van der Waals surface area contributed by atoms with Crippen molar-refractivity contribution in [3.63, 3.8) is 0 Å². The van der Waals surface area contributed by atoms with E-state index in [1.165, 1.54) is 5.56 Å². The molecule has 1 atom stereocenters. The minimum atomic E-state index is -0.759. The average Bonchev–Trinajstić information content (AvgIpc) is 3.09. The maximum atomic E-state index is 11.2. The molecule has 0 saturated carbocycles. The highest BCUT2D eigenvalue weighted by Crippen LogP contribution is 2.23. The van der Waals surface area contributed by atoms with E-state index in [1.807, 2.05) is 42.2 Å². The largest absolute Gasteiger partial charge is 0.480 e. The number of carboxylic acid groups (broad SMARTS) is 1. The maximum absolute atomic E-state index is 11.2. The first-order valence-electron chi connectivity index (χ1n) is 7.13. The second kappa shape index (κ2) is 5.69. The van der Waals surface area contributed by atoms with Crippen LogP contribution >= 0.6 is 0 Å². The van der Waals surface area contributed by atoms with Gasteiger partial charge >= 0.3 is 5.97 Å². The van der Waals surface area contributed by atoms with Gasteiger partial charge in [-0.15, -0.1) is 0 Å². The van der Waals surface area contributed by atoms with Crippen LogP contribution in [-0.4, -0.2) is 33.7 Å². The van der Waals surface area contributed by atoms with E-state index in [9.17, 15) is 9.90 Å². The Bertz CT molecular complexity index is 633. The molecule has 1 aliphatic heterocycles. The van der Waals surface area contributed by atoms with Crippen molar-refractivity contribution in [2.45, 2.75) is 32.4 Å². The number of aryl methyl sites for hydroxylation is 1. The number of hydrogen-bond donors (Lipinski definition) is 1. The van der Waals surface area contributed by atoms with Gasteiger partial charge in [-0.1, -0.05) is 35.0 Å². The molecule has 0 spiro atoms.